The summed E-state index contributed by atoms with van der Waals surface area (Å²) >= 11 is 0. The van der Waals surface area contributed by atoms with Gasteiger partial charge in [-0.2, -0.15) is 0 Å². The van der Waals surface area contributed by atoms with E-state index in [9.17, 15) is 17.6 Å². The van der Waals surface area contributed by atoms with Gasteiger partial charge in [0.25, 0.3) is 0 Å². The molecule has 31 heavy (non-hydrogen) atoms. The number of rotatable bonds is 9. The number of ether oxygens (including phenoxy) is 1. The van der Waals surface area contributed by atoms with Gasteiger partial charge in [0, 0.05) is 9.52 Å². The molecule has 0 bridgehead atoms. The molecule has 6 heteroatoms. The fourth-order valence-corrected chi connectivity index (χ4v) is 7.21. The molecular formula is C25H36F4OSi. The molecule has 0 atom stereocenters. The second-order valence-electron chi connectivity index (χ2n) is 9.55. The number of hydrogen-bond acceptors (Lipinski definition) is 1. The highest BCUT2D eigenvalue weighted by Crippen LogP contribution is 2.43. The lowest BCUT2D eigenvalue weighted by molar-refractivity contribution is -0.275. The van der Waals surface area contributed by atoms with Crippen molar-refractivity contribution in [3.63, 3.8) is 0 Å². The van der Waals surface area contributed by atoms with Crippen molar-refractivity contribution >= 4 is 9.52 Å². The summed E-state index contributed by atoms with van der Waals surface area (Å²) in [5.41, 5.74) is 1.74. The summed E-state index contributed by atoms with van der Waals surface area (Å²) in [5.74, 6) is 0.759. The summed E-state index contributed by atoms with van der Waals surface area (Å²) in [7, 11) is 1.17. The summed E-state index contributed by atoms with van der Waals surface area (Å²) in [6, 6.07) is 5.26. The van der Waals surface area contributed by atoms with Gasteiger partial charge in [-0.3, -0.25) is 0 Å². The van der Waals surface area contributed by atoms with Crippen LogP contribution in [0, 0.1) is 23.6 Å². The van der Waals surface area contributed by atoms with Crippen LogP contribution in [0.5, 0.6) is 5.75 Å². The molecule has 3 rings (SSSR count). The molecule has 0 saturated heterocycles. The number of unbranched alkanes of at least 4 members (excludes halogenated alkanes) is 1. The zero-order valence-electron chi connectivity index (χ0n) is 18.7. The number of aryl methyl sites for hydroxylation is 1. The van der Waals surface area contributed by atoms with Gasteiger partial charge in [0.2, 0.25) is 0 Å². The lowest BCUT2D eigenvalue weighted by atomic mass is 9.70. The van der Waals surface area contributed by atoms with Crippen LogP contribution in [0.25, 0.3) is 0 Å². The van der Waals surface area contributed by atoms with Crippen LogP contribution in [-0.4, -0.2) is 15.9 Å². The van der Waals surface area contributed by atoms with E-state index in [1.165, 1.54) is 85.8 Å². The fourth-order valence-electron chi connectivity index (χ4n) is 5.50. The van der Waals surface area contributed by atoms with Crippen molar-refractivity contribution in [3.8, 4) is 5.75 Å². The van der Waals surface area contributed by atoms with E-state index in [1.807, 2.05) is 0 Å². The third-order valence-electron chi connectivity index (χ3n) is 7.36. The number of halogens is 4. The fraction of sp³-hybridized carbons (Fsp3) is 0.760. The lowest BCUT2D eigenvalue weighted by Crippen LogP contribution is -2.26. The van der Waals surface area contributed by atoms with E-state index in [-0.39, 0.29) is 0 Å². The molecule has 1 nitrogen and oxygen atoms in total. The molecule has 0 amide bonds. The van der Waals surface area contributed by atoms with Crippen molar-refractivity contribution in [1.29, 1.82) is 0 Å². The first-order valence-corrected chi connectivity index (χ1v) is 13.4. The van der Waals surface area contributed by atoms with Gasteiger partial charge >= 0.3 is 6.36 Å². The molecule has 1 aromatic rings. The number of hydrogen-bond donors (Lipinski definition) is 0. The van der Waals surface area contributed by atoms with Crippen LogP contribution in [-0.2, 0) is 6.42 Å². The van der Waals surface area contributed by atoms with Crippen molar-refractivity contribution < 1.29 is 22.3 Å². The summed E-state index contributed by atoms with van der Waals surface area (Å²) in [5, 5.41) is 0. The Morgan fingerprint density at radius 1 is 0.968 bits per heavy atom. The predicted octanol–water partition coefficient (Wildman–Crippen LogP) is 8.36. The lowest BCUT2D eigenvalue weighted by Gasteiger charge is -2.38. The number of benzene rings is 1. The molecule has 174 valence electrons. The maximum Gasteiger partial charge on any atom is 0.573 e. The molecule has 2 radical (unpaired) electrons. The van der Waals surface area contributed by atoms with Crippen molar-refractivity contribution in [3.05, 3.63) is 29.6 Å². The first kappa shape index (κ1) is 24.6. The molecule has 0 unspecified atom stereocenters. The van der Waals surface area contributed by atoms with E-state index in [0.29, 0.717) is 12.3 Å². The Hall–Kier alpha value is -1.04. The molecule has 0 spiro atoms. The molecule has 2 aliphatic rings. The standard InChI is InChI=1S/C25H36F4OSi/c1-2-3-16-31-22-13-11-21(12-14-22)20-9-6-18(7-10-20)4-5-19-8-15-24(23(26)17-19)30-25(27,28)29/h8,15,17-18,20-22H,2-7,9-14,16H2,1H3. The maximum atomic E-state index is 13.9. The minimum Gasteiger partial charge on any atom is -0.403 e. The van der Waals surface area contributed by atoms with E-state index < -0.39 is 17.9 Å². The van der Waals surface area contributed by atoms with Crippen LogP contribution in [0.1, 0.15) is 83.1 Å². The largest absolute Gasteiger partial charge is 0.573 e. The van der Waals surface area contributed by atoms with Gasteiger partial charge in [0.1, 0.15) is 0 Å². The first-order chi connectivity index (χ1) is 14.8. The molecule has 1 aromatic carbocycles. The van der Waals surface area contributed by atoms with Crippen molar-refractivity contribution in [2.24, 2.45) is 17.8 Å². The Morgan fingerprint density at radius 2 is 1.61 bits per heavy atom. The average Bonchev–Trinajstić information content (AvgIpc) is 2.74. The first-order valence-electron chi connectivity index (χ1n) is 12.1. The number of alkyl halides is 3. The second-order valence-corrected chi connectivity index (χ2v) is 11.3. The van der Waals surface area contributed by atoms with E-state index in [1.54, 1.807) is 6.07 Å². The van der Waals surface area contributed by atoms with Gasteiger partial charge in [-0.15, -0.1) is 13.2 Å². The highest BCUT2D eigenvalue weighted by atomic mass is 28.2. The zero-order chi connectivity index (χ0) is 22.3. The van der Waals surface area contributed by atoms with E-state index in [2.05, 4.69) is 11.7 Å². The third-order valence-corrected chi connectivity index (χ3v) is 9.15. The molecule has 0 N–H and O–H groups in total. The minimum atomic E-state index is -4.87. The Labute approximate surface area is 187 Å². The average molecular weight is 457 g/mol. The van der Waals surface area contributed by atoms with Crippen LogP contribution in [0.4, 0.5) is 17.6 Å². The summed E-state index contributed by atoms with van der Waals surface area (Å²) in [6.07, 6.45) is 10.3. The normalized spacial score (nSPS) is 27.3. The Kier molecular flexibility index (Phi) is 9.29. The highest BCUT2D eigenvalue weighted by molar-refractivity contribution is 6.37. The minimum absolute atomic E-state index is 0.650. The SMILES string of the molecule is CCCC[Si]C1CCC(C2CCC(CCc3ccc(OC(F)(F)F)c(F)c3)CC2)CC1. The Bertz CT molecular complexity index is 662. The van der Waals surface area contributed by atoms with Crippen molar-refractivity contribution in [2.75, 3.05) is 0 Å². The van der Waals surface area contributed by atoms with E-state index >= 15 is 0 Å². The topological polar surface area (TPSA) is 9.23 Å². The summed E-state index contributed by atoms with van der Waals surface area (Å²) in [6.45, 7) is 2.28. The smallest absolute Gasteiger partial charge is 0.403 e. The Balaban J connectivity index is 1.36. The second kappa shape index (κ2) is 11.7. The van der Waals surface area contributed by atoms with Crippen LogP contribution >= 0.6 is 0 Å². The van der Waals surface area contributed by atoms with Gasteiger partial charge in [0.15, 0.2) is 11.6 Å². The quantitative estimate of drug-likeness (QED) is 0.206. The van der Waals surface area contributed by atoms with Crippen LogP contribution in [0.15, 0.2) is 18.2 Å². The predicted molar refractivity (Wildman–Crippen MR) is 118 cm³/mol. The molecule has 2 saturated carbocycles. The summed E-state index contributed by atoms with van der Waals surface area (Å²) < 4.78 is 54.4. The molecule has 0 aromatic heterocycles. The van der Waals surface area contributed by atoms with Gasteiger partial charge < -0.3 is 4.74 Å². The van der Waals surface area contributed by atoms with Gasteiger partial charge in [0.05, 0.1) is 0 Å². The van der Waals surface area contributed by atoms with Crippen molar-refractivity contribution in [2.45, 2.75) is 102 Å². The Morgan fingerprint density at radius 3 is 2.19 bits per heavy atom. The molecule has 0 aliphatic heterocycles. The monoisotopic (exact) mass is 456 g/mol. The van der Waals surface area contributed by atoms with E-state index in [4.69, 9.17) is 0 Å². The highest BCUT2D eigenvalue weighted by Gasteiger charge is 2.33. The molecular weight excluding hydrogens is 420 g/mol. The zero-order valence-corrected chi connectivity index (χ0v) is 19.7. The van der Waals surface area contributed by atoms with Crippen LogP contribution in [0.3, 0.4) is 0 Å². The van der Waals surface area contributed by atoms with Gasteiger partial charge in [-0.25, -0.2) is 4.39 Å². The molecule has 2 aliphatic carbocycles. The molecule has 2 fully saturated rings. The van der Waals surface area contributed by atoms with Crippen molar-refractivity contribution in [1.82, 2.24) is 0 Å². The van der Waals surface area contributed by atoms with Crippen LogP contribution < -0.4 is 4.74 Å². The summed E-state index contributed by atoms with van der Waals surface area (Å²) in [4.78, 5) is 0. The van der Waals surface area contributed by atoms with E-state index in [0.717, 1.165) is 35.4 Å². The maximum absolute atomic E-state index is 13.9. The third kappa shape index (κ3) is 8.10. The van der Waals surface area contributed by atoms with Crippen LogP contribution in [0.2, 0.25) is 11.6 Å². The van der Waals surface area contributed by atoms with Gasteiger partial charge in [-0.05, 0) is 66.7 Å². The molecule has 0 heterocycles. The van der Waals surface area contributed by atoms with Gasteiger partial charge in [-0.1, -0.05) is 70.4 Å².